The SMILES string of the molecule is CCCc1ccc(C(C)NCCCC(F)(F)F)cc1. The van der Waals surface area contributed by atoms with E-state index in [0.29, 0.717) is 6.54 Å². The van der Waals surface area contributed by atoms with Gasteiger partial charge in [0.05, 0.1) is 0 Å². The van der Waals surface area contributed by atoms with Crippen LogP contribution in [-0.4, -0.2) is 12.7 Å². The number of aryl methyl sites for hydroxylation is 1. The molecule has 108 valence electrons. The molecule has 19 heavy (non-hydrogen) atoms. The summed E-state index contributed by atoms with van der Waals surface area (Å²) in [5.41, 5.74) is 2.42. The molecule has 0 radical (unpaired) electrons. The number of alkyl halides is 3. The molecule has 0 spiro atoms. The minimum Gasteiger partial charge on any atom is -0.310 e. The smallest absolute Gasteiger partial charge is 0.310 e. The molecule has 0 saturated carbocycles. The lowest BCUT2D eigenvalue weighted by atomic mass is 10.0. The molecule has 1 atom stereocenters. The summed E-state index contributed by atoms with van der Waals surface area (Å²) in [6.45, 7) is 4.50. The fraction of sp³-hybridized carbons (Fsp3) is 0.600. The molecule has 1 unspecified atom stereocenters. The van der Waals surface area contributed by atoms with Crippen LogP contribution in [0.15, 0.2) is 24.3 Å². The standard InChI is InChI=1S/C15H22F3N/c1-3-5-13-6-8-14(9-7-13)12(2)19-11-4-10-15(16,17)18/h6-9,12,19H,3-5,10-11H2,1-2H3. The predicted molar refractivity (Wildman–Crippen MR) is 72.1 cm³/mol. The van der Waals surface area contributed by atoms with Crippen LogP contribution < -0.4 is 5.32 Å². The van der Waals surface area contributed by atoms with Gasteiger partial charge in [-0.05, 0) is 37.4 Å². The largest absolute Gasteiger partial charge is 0.389 e. The van der Waals surface area contributed by atoms with Crippen LogP contribution in [0.1, 0.15) is 50.3 Å². The minimum absolute atomic E-state index is 0.0870. The van der Waals surface area contributed by atoms with Crippen LogP contribution in [0, 0.1) is 0 Å². The van der Waals surface area contributed by atoms with Crippen molar-refractivity contribution in [2.24, 2.45) is 0 Å². The molecule has 1 rings (SSSR count). The molecule has 1 N–H and O–H groups in total. The van der Waals surface area contributed by atoms with E-state index in [0.717, 1.165) is 18.4 Å². The highest BCUT2D eigenvalue weighted by Gasteiger charge is 2.25. The average molecular weight is 273 g/mol. The van der Waals surface area contributed by atoms with E-state index < -0.39 is 12.6 Å². The molecular formula is C15H22F3N. The van der Waals surface area contributed by atoms with Crippen LogP contribution in [0.25, 0.3) is 0 Å². The Morgan fingerprint density at radius 1 is 1.16 bits per heavy atom. The van der Waals surface area contributed by atoms with E-state index in [4.69, 9.17) is 0 Å². The monoisotopic (exact) mass is 273 g/mol. The molecule has 0 bridgehead atoms. The number of hydrogen-bond acceptors (Lipinski definition) is 1. The zero-order valence-electron chi connectivity index (χ0n) is 11.6. The van der Waals surface area contributed by atoms with Gasteiger partial charge in [-0.2, -0.15) is 13.2 Å². The van der Waals surface area contributed by atoms with Crippen LogP contribution in [-0.2, 0) is 6.42 Å². The zero-order valence-corrected chi connectivity index (χ0v) is 11.6. The van der Waals surface area contributed by atoms with Crippen molar-refractivity contribution in [1.82, 2.24) is 5.32 Å². The van der Waals surface area contributed by atoms with E-state index >= 15 is 0 Å². The van der Waals surface area contributed by atoms with Crippen molar-refractivity contribution in [1.29, 1.82) is 0 Å². The summed E-state index contributed by atoms with van der Waals surface area (Å²) in [5, 5.41) is 3.12. The minimum atomic E-state index is -4.05. The number of hydrogen-bond donors (Lipinski definition) is 1. The summed E-state index contributed by atoms with van der Waals surface area (Å²) in [6.07, 6.45) is -2.46. The quantitative estimate of drug-likeness (QED) is 0.714. The molecule has 1 nitrogen and oxygen atoms in total. The van der Waals surface area contributed by atoms with Crippen LogP contribution >= 0.6 is 0 Å². The number of benzene rings is 1. The maximum Gasteiger partial charge on any atom is 0.389 e. The second kappa shape index (κ2) is 7.53. The maximum atomic E-state index is 12.0. The molecule has 1 aromatic carbocycles. The van der Waals surface area contributed by atoms with Gasteiger partial charge in [0.2, 0.25) is 0 Å². The highest BCUT2D eigenvalue weighted by molar-refractivity contribution is 5.24. The van der Waals surface area contributed by atoms with E-state index in [1.807, 2.05) is 19.1 Å². The van der Waals surface area contributed by atoms with E-state index in [-0.39, 0.29) is 12.5 Å². The van der Waals surface area contributed by atoms with Gasteiger partial charge in [0, 0.05) is 12.5 Å². The fourth-order valence-electron chi connectivity index (χ4n) is 1.99. The molecule has 0 heterocycles. The molecule has 0 aliphatic rings. The molecule has 0 aromatic heterocycles. The Balaban J connectivity index is 2.34. The molecule has 0 saturated heterocycles. The maximum absolute atomic E-state index is 12.0. The Morgan fingerprint density at radius 3 is 2.32 bits per heavy atom. The number of nitrogens with one attached hydrogen (secondary N) is 1. The van der Waals surface area contributed by atoms with Gasteiger partial charge >= 0.3 is 6.18 Å². The first-order chi connectivity index (χ1) is 8.92. The lowest BCUT2D eigenvalue weighted by molar-refractivity contribution is -0.135. The van der Waals surface area contributed by atoms with E-state index in [9.17, 15) is 13.2 Å². The summed E-state index contributed by atoms with van der Waals surface area (Å²) >= 11 is 0. The second-order valence-electron chi connectivity index (χ2n) is 4.89. The van der Waals surface area contributed by atoms with Crippen molar-refractivity contribution in [2.45, 2.75) is 51.7 Å². The van der Waals surface area contributed by atoms with Gasteiger partial charge in [-0.3, -0.25) is 0 Å². The molecule has 0 amide bonds. The Kier molecular flexibility index (Phi) is 6.35. The van der Waals surface area contributed by atoms with E-state index in [1.165, 1.54) is 5.56 Å². The van der Waals surface area contributed by atoms with Gasteiger partial charge in [0.25, 0.3) is 0 Å². The lowest BCUT2D eigenvalue weighted by Gasteiger charge is -2.15. The summed E-state index contributed by atoms with van der Waals surface area (Å²) in [5.74, 6) is 0. The average Bonchev–Trinajstić information content (AvgIpc) is 2.34. The van der Waals surface area contributed by atoms with Crippen LogP contribution in [0.4, 0.5) is 13.2 Å². The van der Waals surface area contributed by atoms with Crippen LogP contribution in [0.3, 0.4) is 0 Å². The third-order valence-electron chi connectivity index (χ3n) is 3.11. The van der Waals surface area contributed by atoms with Gasteiger partial charge in [0.15, 0.2) is 0 Å². The topological polar surface area (TPSA) is 12.0 Å². The third-order valence-corrected chi connectivity index (χ3v) is 3.11. The molecule has 0 fully saturated rings. The summed E-state index contributed by atoms with van der Waals surface area (Å²) in [6, 6.07) is 8.36. The fourth-order valence-corrected chi connectivity index (χ4v) is 1.99. The molecular weight excluding hydrogens is 251 g/mol. The van der Waals surface area contributed by atoms with E-state index in [1.54, 1.807) is 0 Å². The van der Waals surface area contributed by atoms with Gasteiger partial charge in [-0.1, -0.05) is 37.6 Å². The predicted octanol–water partition coefficient (Wildman–Crippen LogP) is 4.63. The third kappa shape index (κ3) is 6.62. The van der Waals surface area contributed by atoms with E-state index in [2.05, 4.69) is 24.4 Å². The van der Waals surface area contributed by atoms with Gasteiger partial charge in [-0.25, -0.2) is 0 Å². The van der Waals surface area contributed by atoms with Crippen molar-refractivity contribution in [2.75, 3.05) is 6.54 Å². The number of rotatable bonds is 7. The molecule has 0 aliphatic heterocycles. The highest BCUT2D eigenvalue weighted by atomic mass is 19.4. The highest BCUT2D eigenvalue weighted by Crippen LogP contribution is 2.21. The zero-order chi connectivity index (χ0) is 14.3. The summed E-state index contributed by atoms with van der Waals surface area (Å²) in [4.78, 5) is 0. The van der Waals surface area contributed by atoms with Crippen molar-refractivity contribution in [3.63, 3.8) is 0 Å². The van der Waals surface area contributed by atoms with Crippen molar-refractivity contribution in [3.05, 3.63) is 35.4 Å². The van der Waals surface area contributed by atoms with Crippen molar-refractivity contribution < 1.29 is 13.2 Å². The Labute approximate surface area is 113 Å². The normalized spacial score (nSPS) is 13.5. The lowest BCUT2D eigenvalue weighted by Crippen LogP contribution is -2.21. The first-order valence-electron chi connectivity index (χ1n) is 6.81. The van der Waals surface area contributed by atoms with Gasteiger partial charge < -0.3 is 5.32 Å². The molecule has 4 heteroatoms. The molecule has 0 aliphatic carbocycles. The Morgan fingerprint density at radius 2 is 1.79 bits per heavy atom. The van der Waals surface area contributed by atoms with Crippen LogP contribution in [0.2, 0.25) is 0 Å². The van der Waals surface area contributed by atoms with Crippen molar-refractivity contribution >= 4 is 0 Å². The van der Waals surface area contributed by atoms with Gasteiger partial charge in [-0.15, -0.1) is 0 Å². The van der Waals surface area contributed by atoms with Crippen molar-refractivity contribution in [3.8, 4) is 0 Å². The second-order valence-corrected chi connectivity index (χ2v) is 4.89. The summed E-state index contributed by atoms with van der Waals surface area (Å²) < 4.78 is 36.0. The summed E-state index contributed by atoms with van der Waals surface area (Å²) in [7, 11) is 0. The first kappa shape index (κ1) is 16.0. The molecule has 1 aromatic rings. The van der Waals surface area contributed by atoms with Crippen LogP contribution in [0.5, 0.6) is 0 Å². The first-order valence-corrected chi connectivity index (χ1v) is 6.81. The number of halogens is 3. The van der Waals surface area contributed by atoms with Gasteiger partial charge in [0.1, 0.15) is 0 Å². The Bertz CT molecular complexity index is 357. The Hall–Kier alpha value is -1.03.